The average molecular weight is 281 g/mol. The van der Waals surface area contributed by atoms with E-state index in [1.807, 2.05) is 0 Å². The van der Waals surface area contributed by atoms with Crippen molar-refractivity contribution in [3.63, 3.8) is 0 Å². The first-order valence-corrected chi connectivity index (χ1v) is 6.90. The van der Waals surface area contributed by atoms with E-state index in [0.29, 0.717) is 29.8 Å². The Kier molecular flexibility index (Phi) is 4.61. The number of aromatic nitrogens is 2. The molecule has 1 saturated carbocycles. The van der Waals surface area contributed by atoms with Crippen molar-refractivity contribution in [2.45, 2.75) is 38.2 Å². The number of anilines is 2. The van der Waals surface area contributed by atoms with Crippen LogP contribution in [0.2, 0.25) is 0 Å². The van der Waals surface area contributed by atoms with Crippen LogP contribution in [0.5, 0.6) is 5.75 Å². The Balaban J connectivity index is 2.07. The molecule has 7 nitrogen and oxygen atoms in total. The van der Waals surface area contributed by atoms with Gasteiger partial charge in [-0.2, -0.15) is 0 Å². The molecule has 1 heterocycles. The van der Waals surface area contributed by atoms with Gasteiger partial charge < -0.3 is 20.6 Å². The van der Waals surface area contributed by atoms with E-state index >= 15 is 0 Å². The van der Waals surface area contributed by atoms with Gasteiger partial charge in [0, 0.05) is 6.54 Å². The molecule has 1 aromatic rings. The zero-order valence-corrected chi connectivity index (χ0v) is 12.0. The van der Waals surface area contributed by atoms with E-state index in [9.17, 15) is 5.11 Å². The molecule has 20 heavy (non-hydrogen) atoms. The Morgan fingerprint density at radius 3 is 2.90 bits per heavy atom. The molecule has 0 aliphatic heterocycles. The van der Waals surface area contributed by atoms with Gasteiger partial charge in [0.2, 0.25) is 5.75 Å². The molecule has 2 atom stereocenters. The third kappa shape index (κ3) is 3.29. The van der Waals surface area contributed by atoms with Crippen LogP contribution < -0.4 is 21.3 Å². The van der Waals surface area contributed by atoms with E-state index in [1.165, 1.54) is 19.9 Å². The van der Waals surface area contributed by atoms with E-state index in [0.717, 1.165) is 19.3 Å². The molecule has 0 radical (unpaired) electrons. The van der Waals surface area contributed by atoms with Crippen LogP contribution in [-0.2, 0) is 0 Å². The lowest BCUT2D eigenvalue weighted by molar-refractivity contribution is -0.000855. The highest BCUT2D eigenvalue weighted by Gasteiger charge is 2.32. The number of methoxy groups -OCH3 is 1. The summed E-state index contributed by atoms with van der Waals surface area (Å²) in [5, 5.41) is 13.8. The van der Waals surface area contributed by atoms with Crippen molar-refractivity contribution in [2.75, 3.05) is 24.4 Å². The van der Waals surface area contributed by atoms with Crippen molar-refractivity contribution in [1.29, 1.82) is 0 Å². The Hall–Kier alpha value is -1.60. The summed E-state index contributed by atoms with van der Waals surface area (Å²) in [5.41, 5.74) is 1.77. The third-order valence-electron chi connectivity index (χ3n) is 3.80. The van der Waals surface area contributed by atoms with E-state index in [1.54, 1.807) is 0 Å². The van der Waals surface area contributed by atoms with Gasteiger partial charge >= 0.3 is 0 Å². The minimum atomic E-state index is -0.691. The Morgan fingerprint density at radius 1 is 1.50 bits per heavy atom. The van der Waals surface area contributed by atoms with Gasteiger partial charge in [-0.05, 0) is 18.8 Å². The number of rotatable bonds is 5. The number of hydrazine groups is 1. The summed E-state index contributed by atoms with van der Waals surface area (Å²) in [6.07, 6.45) is 5.24. The molecule has 0 amide bonds. The third-order valence-corrected chi connectivity index (χ3v) is 3.80. The Labute approximate surface area is 118 Å². The molecular weight excluding hydrogens is 258 g/mol. The maximum atomic E-state index is 10.6. The molecule has 1 aliphatic rings. The van der Waals surface area contributed by atoms with Gasteiger partial charge in [0.05, 0.1) is 12.7 Å². The number of hydrogen-bond donors (Lipinski definition) is 4. The van der Waals surface area contributed by atoms with Crippen molar-refractivity contribution in [2.24, 2.45) is 11.8 Å². The number of nitrogens with one attached hydrogen (secondary N) is 2. The van der Waals surface area contributed by atoms with Gasteiger partial charge in [0.15, 0.2) is 11.6 Å². The number of ether oxygens (including phenoxy) is 1. The first-order chi connectivity index (χ1) is 9.58. The first kappa shape index (κ1) is 14.8. The highest BCUT2D eigenvalue weighted by atomic mass is 16.5. The number of nitrogens with zero attached hydrogens (tertiary/aromatic N) is 2. The van der Waals surface area contributed by atoms with Crippen LogP contribution in [0.15, 0.2) is 6.33 Å². The number of nitrogens with two attached hydrogens (primary N) is 1. The number of hydrogen-bond acceptors (Lipinski definition) is 7. The lowest BCUT2D eigenvalue weighted by Gasteiger charge is -2.35. The predicted molar refractivity (Wildman–Crippen MR) is 77.5 cm³/mol. The monoisotopic (exact) mass is 281 g/mol. The van der Waals surface area contributed by atoms with Crippen molar-refractivity contribution in [3.8, 4) is 5.75 Å². The lowest BCUT2D eigenvalue weighted by atomic mass is 9.79. The topological polar surface area (TPSA) is 105 Å². The summed E-state index contributed by atoms with van der Waals surface area (Å²) in [6.45, 7) is 2.61. The van der Waals surface area contributed by atoms with E-state index < -0.39 is 5.60 Å². The van der Waals surface area contributed by atoms with Crippen molar-refractivity contribution in [1.82, 2.24) is 9.97 Å². The second-order valence-corrected chi connectivity index (χ2v) is 5.53. The van der Waals surface area contributed by atoms with Gasteiger partial charge in [-0.25, -0.2) is 15.8 Å². The maximum Gasteiger partial charge on any atom is 0.205 e. The Bertz CT molecular complexity index is 456. The standard InChI is InChI=1S/C13H23N5O2/c1-9-4-3-5-13(19,6-9)7-15-11-10(20-2)12(18-14)17-8-16-11/h8-9,19H,3-7,14H2,1-2H3,(H2,15,16,17,18). The molecule has 2 rings (SSSR count). The average Bonchev–Trinajstić information content (AvgIpc) is 2.44. The van der Waals surface area contributed by atoms with Gasteiger partial charge in [0.1, 0.15) is 6.33 Å². The summed E-state index contributed by atoms with van der Waals surface area (Å²) < 4.78 is 5.25. The molecule has 1 aliphatic carbocycles. The second kappa shape index (κ2) is 6.23. The van der Waals surface area contributed by atoms with Crippen LogP contribution >= 0.6 is 0 Å². The van der Waals surface area contributed by atoms with Crippen LogP contribution in [0.4, 0.5) is 11.6 Å². The summed E-state index contributed by atoms with van der Waals surface area (Å²) in [4.78, 5) is 8.12. The van der Waals surface area contributed by atoms with Crippen molar-refractivity contribution in [3.05, 3.63) is 6.33 Å². The summed E-state index contributed by atoms with van der Waals surface area (Å²) in [7, 11) is 1.53. The number of aliphatic hydroxyl groups is 1. The summed E-state index contributed by atoms with van der Waals surface area (Å²) in [5.74, 6) is 7.31. The van der Waals surface area contributed by atoms with Crippen LogP contribution in [0.25, 0.3) is 0 Å². The summed E-state index contributed by atoms with van der Waals surface area (Å²) >= 11 is 0. The predicted octanol–water partition coefficient (Wildman–Crippen LogP) is 1.12. The first-order valence-electron chi connectivity index (χ1n) is 6.90. The van der Waals surface area contributed by atoms with E-state index in [2.05, 4.69) is 27.6 Å². The highest BCUT2D eigenvalue weighted by Crippen LogP contribution is 2.34. The van der Waals surface area contributed by atoms with Crippen molar-refractivity contribution < 1.29 is 9.84 Å². The van der Waals surface area contributed by atoms with E-state index in [-0.39, 0.29) is 0 Å². The molecule has 0 bridgehead atoms. The molecule has 0 spiro atoms. The Morgan fingerprint density at radius 2 is 2.25 bits per heavy atom. The minimum Gasteiger partial charge on any atom is -0.490 e. The fourth-order valence-electron chi connectivity index (χ4n) is 2.84. The zero-order chi connectivity index (χ0) is 14.6. The zero-order valence-electron chi connectivity index (χ0n) is 12.0. The van der Waals surface area contributed by atoms with E-state index in [4.69, 9.17) is 10.6 Å². The quantitative estimate of drug-likeness (QED) is 0.473. The fraction of sp³-hybridized carbons (Fsp3) is 0.692. The molecule has 0 saturated heterocycles. The molecule has 5 N–H and O–H groups in total. The van der Waals surface area contributed by atoms with Gasteiger partial charge in [-0.15, -0.1) is 0 Å². The van der Waals surface area contributed by atoms with Crippen LogP contribution in [-0.4, -0.2) is 34.3 Å². The SMILES string of the molecule is COc1c(NN)ncnc1NCC1(O)CCCC(C)C1. The fourth-order valence-corrected chi connectivity index (χ4v) is 2.84. The van der Waals surface area contributed by atoms with Crippen LogP contribution in [0, 0.1) is 5.92 Å². The smallest absolute Gasteiger partial charge is 0.205 e. The molecule has 112 valence electrons. The van der Waals surface area contributed by atoms with Crippen LogP contribution in [0.1, 0.15) is 32.6 Å². The molecule has 0 aromatic carbocycles. The van der Waals surface area contributed by atoms with Gasteiger partial charge in [0.25, 0.3) is 0 Å². The summed E-state index contributed by atoms with van der Waals surface area (Å²) in [6, 6.07) is 0. The highest BCUT2D eigenvalue weighted by molar-refractivity contribution is 5.63. The maximum absolute atomic E-state index is 10.6. The molecule has 2 unspecified atom stereocenters. The molecular formula is C13H23N5O2. The van der Waals surface area contributed by atoms with Crippen LogP contribution in [0.3, 0.4) is 0 Å². The number of nitrogen functional groups attached to an aromatic ring is 1. The lowest BCUT2D eigenvalue weighted by Crippen LogP contribution is -2.41. The minimum absolute atomic E-state index is 0.411. The largest absolute Gasteiger partial charge is 0.490 e. The second-order valence-electron chi connectivity index (χ2n) is 5.53. The van der Waals surface area contributed by atoms with Gasteiger partial charge in [-0.3, -0.25) is 0 Å². The van der Waals surface area contributed by atoms with Gasteiger partial charge in [-0.1, -0.05) is 19.8 Å². The van der Waals surface area contributed by atoms with Crippen molar-refractivity contribution >= 4 is 11.6 Å². The molecule has 1 fully saturated rings. The molecule has 7 heteroatoms. The molecule has 1 aromatic heterocycles. The normalized spacial score (nSPS) is 26.1.